The summed E-state index contributed by atoms with van der Waals surface area (Å²) in [6.45, 7) is 1.51. The Labute approximate surface area is 143 Å². The molecule has 1 aliphatic rings. The molecule has 0 aliphatic carbocycles. The summed E-state index contributed by atoms with van der Waals surface area (Å²) >= 11 is 0. The molecule has 0 saturated carbocycles. The van der Waals surface area contributed by atoms with Crippen LogP contribution in [0, 0.1) is 0 Å². The Morgan fingerprint density at radius 3 is 3.08 bits per heavy atom. The average Bonchev–Trinajstić information content (AvgIpc) is 3.30. The van der Waals surface area contributed by atoms with Gasteiger partial charge in [-0.2, -0.15) is 0 Å². The van der Waals surface area contributed by atoms with Crippen LogP contribution in [-0.2, 0) is 13.0 Å². The van der Waals surface area contributed by atoms with Gasteiger partial charge in [0.05, 0.1) is 30.5 Å². The zero-order valence-electron chi connectivity index (χ0n) is 13.5. The van der Waals surface area contributed by atoms with Crippen LogP contribution in [-0.4, -0.2) is 53.8 Å². The third-order valence-electron chi connectivity index (χ3n) is 4.27. The number of H-pyrrole nitrogens is 1. The molecular weight excluding hydrogens is 320 g/mol. The smallest absolute Gasteiger partial charge is 0.276 e. The maximum Gasteiger partial charge on any atom is 0.276 e. The van der Waals surface area contributed by atoms with Crippen molar-refractivity contribution < 1.29 is 4.79 Å². The first kappa shape index (κ1) is 15.5. The largest absolute Gasteiger partial charge is 0.348 e. The highest BCUT2D eigenvalue weighted by atomic mass is 16.2. The zero-order chi connectivity index (χ0) is 17.2. The number of carbonyl (C=O) groups excluding carboxylic acids is 1. The molecule has 1 amide bonds. The van der Waals surface area contributed by atoms with Crippen molar-refractivity contribution in [3.05, 3.63) is 59.7 Å². The Balaban J connectivity index is 1.70. The van der Waals surface area contributed by atoms with Crippen molar-refractivity contribution in [2.24, 2.45) is 5.73 Å². The van der Waals surface area contributed by atoms with Crippen molar-refractivity contribution in [1.82, 2.24) is 34.8 Å². The molecule has 0 aromatic carbocycles. The third kappa shape index (κ3) is 2.78. The molecule has 0 saturated heterocycles. The molecule has 3 aromatic heterocycles. The van der Waals surface area contributed by atoms with Gasteiger partial charge in [0.1, 0.15) is 6.04 Å². The number of aromatic amines is 1. The van der Waals surface area contributed by atoms with Gasteiger partial charge in [-0.15, -0.1) is 5.10 Å². The number of imidazole rings is 1. The number of fused-ring (bicyclic) bond motifs is 1. The van der Waals surface area contributed by atoms with Gasteiger partial charge in [-0.3, -0.25) is 14.5 Å². The molecule has 1 atom stereocenters. The first-order valence-electron chi connectivity index (χ1n) is 8.12. The second-order valence-electron chi connectivity index (χ2n) is 5.83. The lowest BCUT2D eigenvalue weighted by Gasteiger charge is -2.34. The lowest BCUT2D eigenvalue weighted by molar-refractivity contribution is 0.0681. The molecule has 0 spiro atoms. The highest BCUT2D eigenvalue weighted by Gasteiger charge is 2.36. The number of hydrogen-bond acceptors (Lipinski definition) is 6. The summed E-state index contributed by atoms with van der Waals surface area (Å²) in [5.41, 5.74) is 8.46. The van der Waals surface area contributed by atoms with Crippen LogP contribution in [0.15, 0.2) is 36.9 Å². The van der Waals surface area contributed by atoms with E-state index >= 15 is 0 Å². The van der Waals surface area contributed by atoms with Crippen LogP contribution in [0.2, 0.25) is 0 Å². The van der Waals surface area contributed by atoms with Crippen molar-refractivity contribution in [1.29, 1.82) is 0 Å². The Morgan fingerprint density at radius 1 is 1.36 bits per heavy atom. The number of carbonyl (C=O) groups is 1. The van der Waals surface area contributed by atoms with Crippen LogP contribution >= 0.6 is 0 Å². The second-order valence-corrected chi connectivity index (χ2v) is 5.83. The highest BCUT2D eigenvalue weighted by Crippen LogP contribution is 2.32. The molecule has 3 aromatic rings. The zero-order valence-corrected chi connectivity index (χ0v) is 13.5. The summed E-state index contributed by atoms with van der Waals surface area (Å²) in [7, 11) is 0. The van der Waals surface area contributed by atoms with Crippen molar-refractivity contribution in [3.63, 3.8) is 0 Å². The quantitative estimate of drug-likeness (QED) is 0.698. The van der Waals surface area contributed by atoms with Crippen molar-refractivity contribution in [2.75, 3.05) is 13.1 Å². The minimum absolute atomic E-state index is 0.187. The first-order valence-corrected chi connectivity index (χ1v) is 8.12. The number of aromatic nitrogens is 6. The Hall–Kier alpha value is -3.07. The topological polar surface area (TPSA) is 119 Å². The van der Waals surface area contributed by atoms with Gasteiger partial charge in [-0.05, 0) is 12.1 Å². The monoisotopic (exact) mass is 338 g/mol. The van der Waals surface area contributed by atoms with E-state index in [0.717, 1.165) is 17.1 Å². The van der Waals surface area contributed by atoms with Crippen LogP contribution < -0.4 is 5.73 Å². The molecule has 4 heterocycles. The van der Waals surface area contributed by atoms with Gasteiger partial charge < -0.3 is 15.6 Å². The van der Waals surface area contributed by atoms with Crippen LogP contribution in [0.1, 0.15) is 33.6 Å². The minimum Gasteiger partial charge on any atom is -0.348 e. The summed E-state index contributed by atoms with van der Waals surface area (Å²) in [5.74, 6) is -0.187. The summed E-state index contributed by atoms with van der Waals surface area (Å²) in [6, 6.07) is 5.31. The van der Waals surface area contributed by atoms with Gasteiger partial charge in [-0.25, -0.2) is 4.98 Å². The SMILES string of the molecule is NCCn1cc(C(=O)N2CCc3[nH]cnc3[C@@H]2c2ccccn2)nn1. The van der Waals surface area contributed by atoms with Crippen molar-refractivity contribution in [3.8, 4) is 0 Å². The van der Waals surface area contributed by atoms with E-state index in [9.17, 15) is 4.79 Å². The van der Waals surface area contributed by atoms with Crippen molar-refractivity contribution >= 4 is 5.91 Å². The Morgan fingerprint density at radius 2 is 2.28 bits per heavy atom. The van der Waals surface area contributed by atoms with E-state index in [1.807, 2.05) is 18.2 Å². The number of nitrogens with two attached hydrogens (primary N) is 1. The molecule has 0 fully saturated rings. The maximum atomic E-state index is 13.0. The maximum absolute atomic E-state index is 13.0. The Kier molecular flexibility index (Phi) is 3.98. The van der Waals surface area contributed by atoms with Crippen molar-refractivity contribution in [2.45, 2.75) is 19.0 Å². The van der Waals surface area contributed by atoms with E-state index < -0.39 is 0 Å². The van der Waals surface area contributed by atoms with Gasteiger partial charge >= 0.3 is 0 Å². The molecule has 1 aliphatic heterocycles. The summed E-state index contributed by atoms with van der Waals surface area (Å²) in [6.07, 6.45) is 5.72. The highest BCUT2D eigenvalue weighted by molar-refractivity contribution is 5.92. The van der Waals surface area contributed by atoms with E-state index in [2.05, 4.69) is 25.3 Å². The molecule has 9 nitrogen and oxygen atoms in total. The minimum atomic E-state index is -0.344. The number of rotatable bonds is 4. The number of hydrogen-bond donors (Lipinski definition) is 2. The predicted octanol–water partition coefficient (Wildman–Crippen LogP) is 0.143. The number of nitrogens with one attached hydrogen (secondary N) is 1. The van der Waals surface area contributed by atoms with E-state index in [1.54, 1.807) is 28.3 Å². The molecule has 25 heavy (non-hydrogen) atoms. The molecule has 0 radical (unpaired) electrons. The number of amides is 1. The fourth-order valence-corrected chi connectivity index (χ4v) is 3.12. The lowest BCUT2D eigenvalue weighted by atomic mass is 9.99. The molecule has 0 unspecified atom stereocenters. The molecule has 9 heteroatoms. The van der Waals surface area contributed by atoms with Crippen LogP contribution in [0.25, 0.3) is 0 Å². The third-order valence-corrected chi connectivity index (χ3v) is 4.27. The van der Waals surface area contributed by atoms with Gasteiger partial charge in [-0.1, -0.05) is 11.3 Å². The van der Waals surface area contributed by atoms with Gasteiger partial charge in [0.15, 0.2) is 5.69 Å². The number of nitrogens with zero attached hydrogens (tertiary/aromatic N) is 6. The summed E-state index contributed by atoms with van der Waals surface area (Å²) < 4.78 is 1.58. The van der Waals surface area contributed by atoms with Gasteiger partial charge in [0.2, 0.25) is 0 Å². The summed E-state index contributed by atoms with van der Waals surface area (Å²) in [5, 5.41) is 7.95. The fourth-order valence-electron chi connectivity index (χ4n) is 3.12. The van der Waals surface area contributed by atoms with Gasteiger partial charge in [0.25, 0.3) is 5.91 Å². The molecular formula is C16H18N8O. The molecule has 0 bridgehead atoms. The van der Waals surface area contributed by atoms with E-state index in [0.29, 0.717) is 31.7 Å². The van der Waals surface area contributed by atoms with E-state index in [1.165, 1.54) is 0 Å². The number of pyridine rings is 1. The van der Waals surface area contributed by atoms with Crippen LogP contribution in [0.4, 0.5) is 0 Å². The van der Waals surface area contributed by atoms with E-state index in [-0.39, 0.29) is 11.9 Å². The molecule has 128 valence electrons. The standard InChI is InChI=1S/C16H18N8O/c17-5-8-23-9-13(21-22-23)16(25)24-7-4-11-14(20-10-19-11)15(24)12-3-1-2-6-18-12/h1-3,6,9-10,15H,4-5,7-8,17H2,(H,19,20)/t15-/m0/s1. The normalized spacial score (nSPS) is 16.7. The molecule has 4 rings (SSSR count). The first-order chi connectivity index (χ1) is 12.3. The molecule has 3 N–H and O–H groups in total. The Bertz CT molecular complexity index is 871. The van der Waals surface area contributed by atoms with Crippen LogP contribution in [0.5, 0.6) is 0 Å². The fraction of sp³-hybridized carbons (Fsp3) is 0.312. The second kappa shape index (κ2) is 6.44. The lowest BCUT2D eigenvalue weighted by Crippen LogP contribution is -2.41. The van der Waals surface area contributed by atoms with E-state index in [4.69, 9.17) is 5.73 Å². The summed E-state index contributed by atoms with van der Waals surface area (Å²) in [4.78, 5) is 26.8. The van der Waals surface area contributed by atoms with Gasteiger partial charge in [0, 0.05) is 31.4 Å². The average molecular weight is 338 g/mol. The van der Waals surface area contributed by atoms with Crippen LogP contribution in [0.3, 0.4) is 0 Å². The predicted molar refractivity (Wildman–Crippen MR) is 88.5 cm³/mol.